The van der Waals surface area contributed by atoms with Crippen LogP contribution < -0.4 is 0 Å². The summed E-state index contributed by atoms with van der Waals surface area (Å²) in [4.78, 5) is 15.6. The molecule has 8 aromatic carbocycles. The van der Waals surface area contributed by atoms with Gasteiger partial charge in [-0.1, -0.05) is 152 Å². The number of hydrogen-bond donors (Lipinski definition) is 0. The van der Waals surface area contributed by atoms with Gasteiger partial charge in [0, 0.05) is 47.6 Å². The van der Waals surface area contributed by atoms with Crippen molar-refractivity contribution in [2.24, 2.45) is 0 Å². The summed E-state index contributed by atoms with van der Waals surface area (Å²) in [6.45, 7) is 0. The van der Waals surface area contributed by atoms with Gasteiger partial charge in [-0.2, -0.15) is 0 Å². The minimum atomic E-state index is 0.613. The summed E-state index contributed by atoms with van der Waals surface area (Å²) in [6, 6.07) is 68.6. The van der Waals surface area contributed by atoms with Crippen molar-refractivity contribution in [1.82, 2.24) is 19.5 Å². The summed E-state index contributed by atoms with van der Waals surface area (Å²) in [7, 11) is 0. The van der Waals surface area contributed by atoms with Gasteiger partial charge in [-0.25, -0.2) is 15.0 Å². The largest absolute Gasteiger partial charge is 0.308 e. The molecule has 11 rings (SSSR count). The van der Waals surface area contributed by atoms with Crippen LogP contribution in [0.25, 0.3) is 104 Å². The van der Waals surface area contributed by atoms with Crippen LogP contribution in [-0.2, 0) is 0 Å². The summed E-state index contributed by atoms with van der Waals surface area (Å²) in [6.07, 6.45) is 0. The number of fused-ring (bicyclic) bond motifs is 6. The topological polar surface area (TPSA) is 43.6 Å². The van der Waals surface area contributed by atoms with Gasteiger partial charge < -0.3 is 4.57 Å². The van der Waals surface area contributed by atoms with Crippen molar-refractivity contribution in [3.05, 3.63) is 194 Å². The van der Waals surface area contributed by atoms with Crippen molar-refractivity contribution in [1.29, 1.82) is 0 Å². The van der Waals surface area contributed by atoms with Gasteiger partial charge in [0.15, 0.2) is 17.5 Å². The zero-order chi connectivity index (χ0) is 37.0. The van der Waals surface area contributed by atoms with Gasteiger partial charge in [-0.15, -0.1) is 11.3 Å². The van der Waals surface area contributed by atoms with Gasteiger partial charge in [0.05, 0.1) is 16.7 Å². The lowest BCUT2D eigenvalue weighted by Gasteiger charge is -2.17. The molecule has 262 valence electrons. The lowest BCUT2D eigenvalue weighted by Crippen LogP contribution is -2.04. The number of para-hydroxylation sites is 1. The summed E-state index contributed by atoms with van der Waals surface area (Å²) >= 11 is 1.85. The number of nitrogens with zero attached hydrogens (tertiary/aromatic N) is 4. The third-order valence-corrected chi connectivity index (χ3v) is 11.8. The first-order chi connectivity index (χ1) is 27.7. The Bertz CT molecular complexity index is 3180. The quantitative estimate of drug-likeness (QED) is 0.171. The molecule has 0 bridgehead atoms. The maximum atomic E-state index is 5.28. The number of benzene rings is 8. The van der Waals surface area contributed by atoms with E-state index in [0.717, 1.165) is 44.5 Å². The Hall–Kier alpha value is -7.21. The van der Waals surface area contributed by atoms with Crippen molar-refractivity contribution >= 4 is 53.3 Å². The molecule has 0 saturated heterocycles. The monoisotopic (exact) mass is 732 g/mol. The average Bonchev–Trinajstić information content (AvgIpc) is 3.81. The molecule has 56 heavy (non-hydrogen) atoms. The first-order valence-electron chi connectivity index (χ1n) is 18.8. The molecule has 0 saturated carbocycles. The molecular weight excluding hydrogens is 701 g/mol. The minimum Gasteiger partial charge on any atom is -0.308 e. The van der Waals surface area contributed by atoms with Gasteiger partial charge in [0.1, 0.15) is 0 Å². The fourth-order valence-corrected chi connectivity index (χ4v) is 9.10. The Kier molecular flexibility index (Phi) is 7.64. The van der Waals surface area contributed by atoms with E-state index in [2.05, 4.69) is 162 Å². The summed E-state index contributed by atoms with van der Waals surface area (Å²) in [5, 5.41) is 4.96. The highest BCUT2D eigenvalue weighted by molar-refractivity contribution is 7.25. The highest BCUT2D eigenvalue weighted by Crippen LogP contribution is 2.43. The molecular formula is C51H32N4S. The Balaban J connectivity index is 1.22. The fraction of sp³-hybridized carbons (Fsp3) is 0. The number of hydrogen-bond acceptors (Lipinski definition) is 4. The molecule has 0 amide bonds. The van der Waals surface area contributed by atoms with E-state index in [9.17, 15) is 0 Å². The number of rotatable bonds is 6. The molecule has 0 atom stereocenters. The van der Waals surface area contributed by atoms with Crippen LogP contribution in [0, 0.1) is 0 Å². The molecule has 0 aliphatic carbocycles. The van der Waals surface area contributed by atoms with Crippen molar-refractivity contribution in [3.63, 3.8) is 0 Å². The Morgan fingerprint density at radius 3 is 1.59 bits per heavy atom. The number of aromatic nitrogens is 4. The molecule has 5 heteroatoms. The Morgan fingerprint density at radius 2 is 0.875 bits per heavy atom. The van der Waals surface area contributed by atoms with Gasteiger partial charge in [0.25, 0.3) is 0 Å². The van der Waals surface area contributed by atoms with Gasteiger partial charge in [-0.3, -0.25) is 0 Å². The SMILES string of the molecule is c1ccc(-c2cccc(-c3ccc(-n4c5ccccc5c5cc6sc7ccccc7c6cc54)c(-c4nc(-c5ccccc5)nc(-c5ccccc5)n4)c3)c2)cc1. The van der Waals surface area contributed by atoms with E-state index in [-0.39, 0.29) is 0 Å². The summed E-state index contributed by atoms with van der Waals surface area (Å²) in [5.74, 6) is 1.87. The molecule has 3 heterocycles. The summed E-state index contributed by atoms with van der Waals surface area (Å²) < 4.78 is 4.98. The molecule has 3 aromatic heterocycles. The van der Waals surface area contributed by atoms with Crippen LogP contribution in [0.2, 0.25) is 0 Å². The van der Waals surface area contributed by atoms with Crippen molar-refractivity contribution in [2.75, 3.05) is 0 Å². The highest BCUT2D eigenvalue weighted by atomic mass is 32.1. The number of thiophene rings is 1. The predicted molar refractivity (Wildman–Crippen MR) is 234 cm³/mol. The van der Waals surface area contributed by atoms with Gasteiger partial charge in [-0.05, 0) is 64.7 Å². The second-order valence-corrected chi connectivity index (χ2v) is 15.1. The van der Waals surface area contributed by atoms with E-state index in [1.807, 2.05) is 47.7 Å². The molecule has 11 aromatic rings. The van der Waals surface area contributed by atoms with E-state index >= 15 is 0 Å². The van der Waals surface area contributed by atoms with E-state index < -0.39 is 0 Å². The third-order valence-electron chi connectivity index (χ3n) is 10.7. The molecule has 0 aliphatic rings. The van der Waals surface area contributed by atoms with E-state index in [0.29, 0.717) is 17.5 Å². The fourth-order valence-electron chi connectivity index (χ4n) is 7.97. The lowest BCUT2D eigenvalue weighted by atomic mass is 9.97. The highest BCUT2D eigenvalue weighted by Gasteiger charge is 2.21. The second kappa shape index (κ2) is 13.3. The lowest BCUT2D eigenvalue weighted by molar-refractivity contribution is 1.06. The summed E-state index contributed by atoms with van der Waals surface area (Å²) in [5.41, 5.74) is 10.6. The maximum Gasteiger partial charge on any atom is 0.166 e. The van der Waals surface area contributed by atoms with Crippen molar-refractivity contribution in [3.8, 4) is 62.1 Å². The third kappa shape index (κ3) is 5.48. The van der Waals surface area contributed by atoms with Crippen LogP contribution in [0.1, 0.15) is 0 Å². The standard InChI is InChI=1S/C51H32N4S/c1-4-15-33(16-5-1)36-21-14-22-37(29-36)38-27-28-45(43(30-38)51-53-49(34-17-6-2-7-18-34)52-50(54-51)35-19-8-3-9-20-35)55-44-25-12-10-23-39(44)41-32-48-42(31-46(41)55)40-24-11-13-26-47(40)56-48/h1-32H. The Labute approximate surface area is 327 Å². The van der Waals surface area contributed by atoms with Crippen LogP contribution in [0.4, 0.5) is 0 Å². The Morgan fingerprint density at radius 1 is 0.321 bits per heavy atom. The van der Waals surface area contributed by atoms with Crippen LogP contribution in [0.3, 0.4) is 0 Å². The van der Waals surface area contributed by atoms with Crippen LogP contribution in [0.5, 0.6) is 0 Å². The molecule has 0 N–H and O–H groups in total. The van der Waals surface area contributed by atoms with Gasteiger partial charge in [0.2, 0.25) is 0 Å². The van der Waals surface area contributed by atoms with Crippen LogP contribution in [-0.4, -0.2) is 19.5 Å². The van der Waals surface area contributed by atoms with E-state index in [4.69, 9.17) is 15.0 Å². The van der Waals surface area contributed by atoms with Crippen LogP contribution in [0.15, 0.2) is 194 Å². The molecule has 0 aliphatic heterocycles. The van der Waals surface area contributed by atoms with E-state index in [1.54, 1.807) is 0 Å². The maximum absolute atomic E-state index is 5.28. The smallest absolute Gasteiger partial charge is 0.166 e. The molecule has 0 unspecified atom stereocenters. The second-order valence-electron chi connectivity index (χ2n) is 14.0. The zero-order valence-electron chi connectivity index (χ0n) is 30.2. The van der Waals surface area contributed by atoms with Crippen LogP contribution >= 0.6 is 11.3 Å². The first kappa shape index (κ1) is 32.2. The average molecular weight is 733 g/mol. The van der Waals surface area contributed by atoms with Crippen molar-refractivity contribution in [2.45, 2.75) is 0 Å². The van der Waals surface area contributed by atoms with Gasteiger partial charge >= 0.3 is 0 Å². The predicted octanol–water partition coefficient (Wildman–Crippen LogP) is 13.7. The zero-order valence-corrected chi connectivity index (χ0v) is 31.0. The minimum absolute atomic E-state index is 0.613. The van der Waals surface area contributed by atoms with Crippen molar-refractivity contribution < 1.29 is 0 Å². The van der Waals surface area contributed by atoms with E-state index in [1.165, 1.54) is 42.1 Å². The molecule has 0 spiro atoms. The normalized spacial score (nSPS) is 11.6. The molecule has 4 nitrogen and oxygen atoms in total. The first-order valence-corrected chi connectivity index (χ1v) is 19.6. The molecule has 0 radical (unpaired) electrons. The molecule has 0 fully saturated rings.